The molecule has 0 aliphatic carbocycles. The molecule has 2 rings (SSSR count). The number of carbonyl (C=O) groups excluding carboxylic acids is 2. The number of nitrogens with two attached hydrogens (primary N) is 1. The molecule has 0 saturated carbocycles. The van der Waals surface area contributed by atoms with Crippen LogP contribution in [0.25, 0.3) is 0 Å². The maximum atomic E-state index is 12.2. The first-order valence-electron chi connectivity index (χ1n) is 6.48. The fraction of sp³-hybridized carbons (Fsp3) is 0.429. The lowest BCUT2D eigenvalue weighted by Crippen LogP contribution is -2.46. The smallest absolute Gasteiger partial charge is 0.314 e. The summed E-state index contributed by atoms with van der Waals surface area (Å²) in [6.45, 7) is 3.03. The summed E-state index contributed by atoms with van der Waals surface area (Å²) in [7, 11) is 0. The van der Waals surface area contributed by atoms with Crippen LogP contribution in [0.1, 0.15) is 18.4 Å². The van der Waals surface area contributed by atoms with Gasteiger partial charge in [0, 0.05) is 18.8 Å². The normalized spacial score (nSPS) is 19.0. The van der Waals surface area contributed by atoms with Crippen LogP contribution >= 0.6 is 0 Å². The Hall–Kier alpha value is -2.04. The molecule has 1 saturated heterocycles. The zero-order valence-corrected chi connectivity index (χ0v) is 11.1. The first kappa shape index (κ1) is 13.4. The van der Waals surface area contributed by atoms with Gasteiger partial charge in [-0.3, -0.25) is 4.79 Å². The number of amides is 3. The number of likely N-dealkylation sites (tertiary alicyclic amines) is 1. The summed E-state index contributed by atoms with van der Waals surface area (Å²) in [4.78, 5) is 24.8. The van der Waals surface area contributed by atoms with E-state index in [-0.39, 0.29) is 11.8 Å². The molecule has 5 heteroatoms. The summed E-state index contributed by atoms with van der Waals surface area (Å²) < 4.78 is 0. The summed E-state index contributed by atoms with van der Waals surface area (Å²) in [5, 5.41) is 2.89. The summed E-state index contributed by atoms with van der Waals surface area (Å²) in [5.41, 5.74) is 7.15. The fourth-order valence-corrected chi connectivity index (χ4v) is 2.36. The highest BCUT2D eigenvalue weighted by Crippen LogP contribution is 2.19. The molecule has 19 heavy (non-hydrogen) atoms. The number of hydrogen-bond donors (Lipinski definition) is 2. The number of hydrogen-bond acceptors (Lipinski definition) is 2. The van der Waals surface area contributed by atoms with E-state index >= 15 is 0 Å². The number of nitrogens with one attached hydrogen (secondary N) is 1. The van der Waals surface area contributed by atoms with Gasteiger partial charge in [0.05, 0.1) is 5.92 Å². The van der Waals surface area contributed by atoms with Gasteiger partial charge >= 0.3 is 6.03 Å². The maximum Gasteiger partial charge on any atom is 0.314 e. The van der Waals surface area contributed by atoms with Crippen LogP contribution in [0.2, 0.25) is 0 Å². The van der Waals surface area contributed by atoms with Crippen molar-refractivity contribution in [2.75, 3.05) is 18.4 Å². The molecule has 3 amide bonds. The van der Waals surface area contributed by atoms with Gasteiger partial charge in [0.25, 0.3) is 0 Å². The highest BCUT2D eigenvalue weighted by atomic mass is 16.2. The number of carbonyl (C=O) groups is 2. The van der Waals surface area contributed by atoms with E-state index in [2.05, 4.69) is 5.32 Å². The third-order valence-corrected chi connectivity index (χ3v) is 3.39. The van der Waals surface area contributed by atoms with E-state index in [1.165, 1.54) is 4.90 Å². The first-order chi connectivity index (χ1) is 9.06. The number of primary amides is 1. The zero-order chi connectivity index (χ0) is 13.8. The molecular formula is C14H19N3O2. The number of nitrogens with zero attached hydrogens (tertiary/aromatic N) is 1. The van der Waals surface area contributed by atoms with E-state index in [1.54, 1.807) is 0 Å². The summed E-state index contributed by atoms with van der Waals surface area (Å²) in [6, 6.07) is 7.21. The van der Waals surface area contributed by atoms with E-state index in [4.69, 9.17) is 5.73 Å². The molecule has 0 aromatic heterocycles. The Morgan fingerprint density at radius 3 is 2.89 bits per heavy atom. The number of piperidine rings is 1. The number of benzene rings is 1. The van der Waals surface area contributed by atoms with Crippen LogP contribution in [0.5, 0.6) is 0 Å². The lowest BCUT2D eigenvalue weighted by atomic mass is 9.97. The van der Waals surface area contributed by atoms with Gasteiger partial charge in [-0.05, 0) is 37.5 Å². The number of aryl methyl sites for hydroxylation is 1. The highest BCUT2D eigenvalue weighted by molar-refractivity contribution is 5.93. The van der Waals surface area contributed by atoms with Crippen LogP contribution in [0, 0.1) is 12.8 Å². The molecule has 1 fully saturated rings. The average molecular weight is 261 g/mol. The SMILES string of the molecule is Cc1cccc(NC(=O)[C@H]2CCCN(C(N)=O)C2)c1. The molecule has 5 nitrogen and oxygen atoms in total. The molecule has 1 aliphatic rings. The van der Waals surface area contributed by atoms with E-state index in [1.807, 2.05) is 31.2 Å². The van der Waals surface area contributed by atoms with Crippen molar-refractivity contribution in [2.45, 2.75) is 19.8 Å². The number of rotatable bonds is 2. The quantitative estimate of drug-likeness (QED) is 0.850. The van der Waals surface area contributed by atoms with Crippen LogP contribution in [-0.2, 0) is 4.79 Å². The minimum absolute atomic E-state index is 0.0449. The van der Waals surface area contributed by atoms with Gasteiger partial charge in [0.1, 0.15) is 0 Å². The topological polar surface area (TPSA) is 75.4 Å². The summed E-state index contributed by atoms with van der Waals surface area (Å²) in [5.74, 6) is -0.224. The van der Waals surface area contributed by atoms with Crippen molar-refractivity contribution < 1.29 is 9.59 Å². The Bertz CT molecular complexity index is 487. The molecule has 1 aliphatic heterocycles. The van der Waals surface area contributed by atoms with E-state index in [0.717, 1.165) is 24.1 Å². The third kappa shape index (κ3) is 3.47. The summed E-state index contributed by atoms with van der Waals surface area (Å²) in [6.07, 6.45) is 1.61. The molecule has 0 bridgehead atoms. The van der Waals surface area contributed by atoms with Crippen molar-refractivity contribution in [3.63, 3.8) is 0 Å². The second-order valence-electron chi connectivity index (χ2n) is 4.98. The van der Waals surface area contributed by atoms with Crippen molar-refractivity contribution >= 4 is 17.6 Å². The van der Waals surface area contributed by atoms with Crippen molar-refractivity contribution in [3.05, 3.63) is 29.8 Å². The first-order valence-corrected chi connectivity index (χ1v) is 6.48. The minimum atomic E-state index is -0.451. The van der Waals surface area contributed by atoms with Crippen molar-refractivity contribution in [3.8, 4) is 0 Å². The van der Waals surface area contributed by atoms with Crippen LogP contribution in [0.4, 0.5) is 10.5 Å². The molecule has 0 radical (unpaired) electrons. The predicted molar refractivity (Wildman–Crippen MR) is 73.7 cm³/mol. The molecule has 1 aromatic rings. The second kappa shape index (κ2) is 5.73. The molecule has 102 valence electrons. The van der Waals surface area contributed by atoms with E-state index in [0.29, 0.717) is 13.1 Å². The van der Waals surface area contributed by atoms with Gasteiger partial charge < -0.3 is 16.0 Å². The van der Waals surface area contributed by atoms with Crippen molar-refractivity contribution in [1.29, 1.82) is 0 Å². The predicted octanol–water partition coefficient (Wildman–Crippen LogP) is 1.72. The van der Waals surface area contributed by atoms with Gasteiger partial charge in [0.2, 0.25) is 5.91 Å². The lowest BCUT2D eigenvalue weighted by Gasteiger charge is -2.30. The zero-order valence-electron chi connectivity index (χ0n) is 11.1. The van der Waals surface area contributed by atoms with Crippen molar-refractivity contribution in [1.82, 2.24) is 4.90 Å². The van der Waals surface area contributed by atoms with Crippen LogP contribution in [0.15, 0.2) is 24.3 Å². The molecular weight excluding hydrogens is 242 g/mol. The van der Waals surface area contributed by atoms with E-state index < -0.39 is 6.03 Å². The molecule has 1 atom stereocenters. The Morgan fingerprint density at radius 2 is 2.21 bits per heavy atom. The fourth-order valence-electron chi connectivity index (χ4n) is 2.36. The monoisotopic (exact) mass is 261 g/mol. The van der Waals surface area contributed by atoms with Gasteiger partial charge in [-0.15, -0.1) is 0 Å². The molecule has 1 aromatic carbocycles. The van der Waals surface area contributed by atoms with Gasteiger partial charge in [-0.2, -0.15) is 0 Å². The number of anilines is 1. The van der Waals surface area contributed by atoms with Gasteiger partial charge in [-0.25, -0.2) is 4.79 Å². The van der Waals surface area contributed by atoms with Gasteiger partial charge in [0.15, 0.2) is 0 Å². The standard InChI is InChI=1S/C14H19N3O2/c1-10-4-2-6-12(8-10)16-13(18)11-5-3-7-17(9-11)14(15)19/h2,4,6,8,11H,3,5,7,9H2,1H3,(H2,15,19)(H,16,18)/t11-/m0/s1. The Kier molecular flexibility index (Phi) is 4.04. The second-order valence-corrected chi connectivity index (χ2v) is 4.98. The van der Waals surface area contributed by atoms with Crippen LogP contribution in [0.3, 0.4) is 0 Å². The lowest BCUT2D eigenvalue weighted by molar-refractivity contribution is -0.121. The Morgan fingerprint density at radius 1 is 1.42 bits per heavy atom. The average Bonchev–Trinajstić information content (AvgIpc) is 2.39. The largest absolute Gasteiger partial charge is 0.351 e. The highest BCUT2D eigenvalue weighted by Gasteiger charge is 2.27. The Labute approximate surface area is 112 Å². The van der Waals surface area contributed by atoms with Crippen molar-refractivity contribution in [2.24, 2.45) is 11.7 Å². The minimum Gasteiger partial charge on any atom is -0.351 e. The molecule has 0 unspecified atom stereocenters. The molecule has 1 heterocycles. The van der Waals surface area contributed by atoms with E-state index in [9.17, 15) is 9.59 Å². The number of urea groups is 1. The van der Waals surface area contributed by atoms with Gasteiger partial charge in [-0.1, -0.05) is 12.1 Å². The third-order valence-electron chi connectivity index (χ3n) is 3.39. The molecule has 0 spiro atoms. The summed E-state index contributed by atoms with van der Waals surface area (Å²) >= 11 is 0. The maximum absolute atomic E-state index is 12.2. The Balaban J connectivity index is 1.98. The van der Waals surface area contributed by atoms with Crippen LogP contribution in [-0.4, -0.2) is 29.9 Å². The molecule has 3 N–H and O–H groups in total. The van der Waals surface area contributed by atoms with Crippen LogP contribution < -0.4 is 11.1 Å².